The molecule has 0 radical (unpaired) electrons. The van der Waals surface area contributed by atoms with Crippen molar-refractivity contribution in [3.63, 3.8) is 0 Å². The number of benzene rings is 1. The number of rotatable bonds is 5. The summed E-state index contributed by atoms with van der Waals surface area (Å²) in [4.78, 5) is 58.2. The molecule has 6 atom stereocenters. The lowest BCUT2D eigenvalue weighted by molar-refractivity contribution is -0.141. The predicted octanol–water partition coefficient (Wildman–Crippen LogP) is 4.90. The lowest BCUT2D eigenvalue weighted by Gasteiger charge is -2.34. The number of nitrogens with one attached hydrogen (secondary N) is 2. The van der Waals surface area contributed by atoms with Crippen LogP contribution in [0.1, 0.15) is 69.8 Å². The van der Waals surface area contributed by atoms with Crippen LogP contribution in [0.4, 0.5) is 4.79 Å². The molecule has 3 heterocycles. The number of carbonyl (C=O) groups excluding carboxylic acids is 3. The first-order chi connectivity index (χ1) is 22.1. The number of amides is 3. The third kappa shape index (κ3) is 6.67. The fourth-order valence-electron chi connectivity index (χ4n) is 7.52. The lowest BCUT2D eigenvalue weighted by Crippen LogP contribution is -2.57. The normalized spacial score (nSPS) is 30.7. The first-order valence-corrected chi connectivity index (χ1v) is 18.7. The zero-order valence-electron chi connectivity index (χ0n) is 26.5. The highest BCUT2D eigenvalue weighted by atomic mass is 31.2. The molecule has 3 unspecified atom stereocenters. The Balaban J connectivity index is 1.35. The van der Waals surface area contributed by atoms with Gasteiger partial charge in [-0.1, -0.05) is 37.5 Å². The monoisotopic (exact) mass is 652 g/mol. The van der Waals surface area contributed by atoms with Crippen LogP contribution in [-0.4, -0.2) is 76.0 Å². The van der Waals surface area contributed by atoms with E-state index in [4.69, 9.17) is 9.47 Å². The molecule has 2 aromatic rings. The van der Waals surface area contributed by atoms with Crippen LogP contribution >= 0.6 is 7.37 Å². The molecular formula is C34H45N4O7P. The van der Waals surface area contributed by atoms with Gasteiger partial charge in [0, 0.05) is 30.6 Å². The van der Waals surface area contributed by atoms with Crippen molar-refractivity contribution in [3.05, 3.63) is 48.7 Å². The minimum atomic E-state index is -3.76. The van der Waals surface area contributed by atoms with Gasteiger partial charge in [0.15, 0.2) is 0 Å². The van der Waals surface area contributed by atoms with Crippen molar-refractivity contribution >= 4 is 36.0 Å². The summed E-state index contributed by atoms with van der Waals surface area (Å²) in [6.07, 6.45) is 10.4. The second-order valence-electron chi connectivity index (χ2n) is 13.5. The maximum absolute atomic E-state index is 14.5. The molecule has 6 rings (SSSR count). The van der Waals surface area contributed by atoms with Crippen LogP contribution in [0.2, 0.25) is 0 Å². The van der Waals surface area contributed by atoms with Gasteiger partial charge >= 0.3 is 6.09 Å². The molecule has 0 spiro atoms. The number of hydrogen-bond donors (Lipinski definition) is 3. The van der Waals surface area contributed by atoms with Crippen molar-refractivity contribution in [2.75, 3.05) is 19.8 Å². The van der Waals surface area contributed by atoms with E-state index in [0.29, 0.717) is 18.7 Å². The summed E-state index contributed by atoms with van der Waals surface area (Å²) < 4.78 is 25.0. The van der Waals surface area contributed by atoms with Crippen LogP contribution in [0.5, 0.6) is 5.88 Å². The molecular weight excluding hydrogens is 607 g/mol. The number of cyclic esters (lactones) is 1. The first kappa shape index (κ1) is 32.5. The molecule has 2 saturated carbocycles. The fourth-order valence-corrected chi connectivity index (χ4v) is 9.09. The van der Waals surface area contributed by atoms with Crippen LogP contribution in [0.25, 0.3) is 10.8 Å². The van der Waals surface area contributed by atoms with Gasteiger partial charge in [-0.3, -0.25) is 14.2 Å². The zero-order valence-corrected chi connectivity index (χ0v) is 27.4. The van der Waals surface area contributed by atoms with Gasteiger partial charge in [-0.15, -0.1) is 6.58 Å². The van der Waals surface area contributed by atoms with Crippen molar-refractivity contribution in [3.8, 4) is 5.88 Å². The molecule has 3 amide bonds. The number of nitrogens with zero attached hydrogens (tertiary/aromatic N) is 2. The van der Waals surface area contributed by atoms with Crippen LogP contribution < -0.4 is 15.4 Å². The number of hydrogen-bond acceptors (Lipinski definition) is 7. The number of aromatic nitrogens is 1. The Bertz CT molecular complexity index is 1540. The van der Waals surface area contributed by atoms with Gasteiger partial charge in [0.25, 0.3) is 0 Å². The molecule has 3 fully saturated rings. The highest BCUT2D eigenvalue weighted by molar-refractivity contribution is 7.59. The molecule has 11 nitrogen and oxygen atoms in total. The molecule has 4 aliphatic rings. The molecule has 2 aliphatic carbocycles. The van der Waals surface area contributed by atoms with E-state index in [-0.39, 0.29) is 37.3 Å². The van der Waals surface area contributed by atoms with Gasteiger partial charge in [0.05, 0.1) is 13.2 Å². The standard InChI is InChI=1S/C34H45N4O7P/c1-3-25-20-34(25,46(2,42)43)37-30(39)28-19-26-21-38(28)32(40)29(24-11-7-4-8-12-24)36-33(41)44-17-9-5-6-10-22-13-14-23-15-16-35-31(45-26)27(23)18-22/h3,13-16,18,24-26,28-29H,1,4-12,17,19-21H2,2H3,(H,36,41)(H,37,39)(H,42,43)/t25?,26-,28+,29+,34?/m1/s1. The zero-order chi connectivity index (χ0) is 32.5. The smallest absolute Gasteiger partial charge is 0.407 e. The van der Waals surface area contributed by atoms with Crippen molar-refractivity contribution < 1.29 is 33.3 Å². The van der Waals surface area contributed by atoms with Crippen molar-refractivity contribution in [1.29, 1.82) is 0 Å². The van der Waals surface area contributed by atoms with Crippen LogP contribution in [0, 0.1) is 11.8 Å². The third-order valence-electron chi connectivity index (χ3n) is 10.3. The highest BCUT2D eigenvalue weighted by Crippen LogP contribution is 2.67. The van der Waals surface area contributed by atoms with E-state index in [0.717, 1.165) is 67.7 Å². The van der Waals surface area contributed by atoms with E-state index in [1.165, 1.54) is 11.6 Å². The largest absolute Gasteiger partial charge is 0.472 e. The summed E-state index contributed by atoms with van der Waals surface area (Å²) in [5, 5.41) is 6.25. The maximum atomic E-state index is 14.5. The van der Waals surface area contributed by atoms with E-state index in [1.54, 1.807) is 12.3 Å². The van der Waals surface area contributed by atoms with E-state index in [9.17, 15) is 23.8 Å². The Hall–Kier alpha value is -3.43. The minimum absolute atomic E-state index is 0.0927. The number of ether oxygens (including phenoxy) is 2. The summed E-state index contributed by atoms with van der Waals surface area (Å²) in [5.74, 6) is -0.919. The number of pyridine rings is 1. The van der Waals surface area contributed by atoms with Gasteiger partial charge in [-0.25, -0.2) is 9.78 Å². The third-order valence-corrected chi connectivity index (χ3v) is 12.4. The fraction of sp³-hybridized carbons (Fsp3) is 0.588. The summed E-state index contributed by atoms with van der Waals surface area (Å²) >= 11 is 0. The summed E-state index contributed by atoms with van der Waals surface area (Å²) in [7, 11) is -3.76. The van der Waals surface area contributed by atoms with Crippen LogP contribution in [0.3, 0.4) is 0 Å². The lowest BCUT2D eigenvalue weighted by atomic mass is 9.83. The van der Waals surface area contributed by atoms with Gasteiger partial charge < -0.3 is 29.9 Å². The molecule has 1 aromatic heterocycles. The van der Waals surface area contributed by atoms with Crippen molar-refractivity contribution in [1.82, 2.24) is 20.5 Å². The van der Waals surface area contributed by atoms with Gasteiger partial charge in [-0.2, -0.15) is 0 Å². The summed E-state index contributed by atoms with van der Waals surface area (Å²) in [6, 6.07) is 6.29. The van der Waals surface area contributed by atoms with E-state index < -0.39 is 42.8 Å². The number of fused-ring (bicyclic) bond motifs is 3. The Morgan fingerprint density at radius 3 is 2.70 bits per heavy atom. The quantitative estimate of drug-likeness (QED) is 0.305. The predicted molar refractivity (Wildman–Crippen MR) is 174 cm³/mol. The van der Waals surface area contributed by atoms with E-state index >= 15 is 0 Å². The van der Waals surface area contributed by atoms with Gasteiger partial charge in [-0.05, 0) is 73.9 Å². The summed E-state index contributed by atoms with van der Waals surface area (Å²) in [6.45, 7) is 5.36. The number of alkyl carbamates (subject to hydrolysis) is 1. The first-order valence-electron chi connectivity index (χ1n) is 16.6. The summed E-state index contributed by atoms with van der Waals surface area (Å²) in [5.41, 5.74) is 1.14. The molecule has 2 aliphatic heterocycles. The maximum Gasteiger partial charge on any atom is 0.407 e. The molecule has 248 valence electrons. The Labute approximate surface area is 269 Å². The van der Waals surface area contributed by atoms with Crippen LogP contribution in [-0.2, 0) is 25.3 Å². The van der Waals surface area contributed by atoms with Crippen LogP contribution in [0.15, 0.2) is 43.1 Å². The molecule has 3 N–H and O–H groups in total. The van der Waals surface area contributed by atoms with E-state index in [2.05, 4.69) is 34.3 Å². The molecule has 12 heteroatoms. The van der Waals surface area contributed by atoms with Gasteiger partial charge in [0.1, 0.15) is 23.5 Å². The Kier molecular flexibility index (Phi) is 9.44. The molecule has 1 aromatic carbocycles. The van der Waals surface area contributed by atoms with Crippen molar-refractivity contribution in [2.45, 2.75) is 94.1 Å². The Morgan fingerprint density at radius 2 is 1.96 bits per heavy atom. The molecule has 4 bridgehead atoms. The SMILES string of the molecule is C=CC1CC1(NC(=O)[C@@H]1C[C@@H]2CN1C(=O)[C@H](C1CCCCC1)NC(=O)OCCCCCc1ccc3ccnc(c3c1)O2)P(C)(=O)O. The topological polar surface area (TPSA) is 147 Å². The Morgan fingerprint density at radius 1 is 1.17 bits per heavy atom. The molecule has 46 heavy (non-hydrogen) atoms. The van der Waals surface area contributed by atoms with E-state index in [1.807, 2.05) is 12.1 Å². The number of aryl methyl sites for hydroxylation is 1. The van der Waals surface area contributed by atoms with Gasteiger partial charge in [0.2, 0.25) is 25.1 Å². The average molecular weight is 653 g/mol. The second-order valence-corrected chi connectivity index (χ2v) is 16.0. The minimum Gasteiger partial charge on any atom is -0.472 e. The highest BCUT2D eigenvalue weighted by Gasteiger charge is 2.64. The number of carbonyl (C=O) groups is 3. The second kappa shape index (κ2) is 13.4. The average Bonchev–Trinajstić information content (AvgIpc) is 3.62. The van der Waals surface area contributed by atoms with Crippen molar-refractivity contribution in [2.24, 2.45) is 11.8 Å². The molecule has 1 saturated heterocycles.